The van der Waals surface area contributed by atoms with Gasteiger partial charge in [0.15, 0.2) is 15.2 Å². The predicted molar refractivity (Wildman–Crippen MR) is 69.4 cm³/mol. The standard InChI is InChI=1S/C11H15ClN2O2S/c1-7-5-3-2-4-6-14(7)11-13-9(12)8(17-11)10(15)16/h7H,2-6H2,1H3,(H,15,16). The van der Waals surface area contributed by atoms with E-state index in [-0.39, 0.29) is 10.0 Å². The monoisotopic (exact) mass is 274 g/mol. The average Bonchev–Trinajstić information content (AvgIpc) is 2.51. The average molecular weight is 275 g/mol. The molecule has 0 aliphatic carbocycles. The Morgan fingerprint density at radius 3 is 2.94 bits per heavy atom. The molecule has 17 heavy (non-hydrogen) atoms. The number of halogens is 1. The van der Waals surface area contributed by atoms with Gasteiger partial charge in [-0.15, -0.1) is 0 Å². The van der Waals surface area contributed by atoms with Crippen LogP contribution in [0, 0.1) is 0 Å². The minimum absolute atomic E-state index is 0.106. The third-order valence-electron chi connectivity index (χ3n) is 3.07. The number of hydrogen-bond donors (Lipinski definition) is 1. The Labute approximate surface area is 109 Å². The molecule has 1 aromatic heterocycles. The van der Waals surface area contributed by atoms with Crippen LogP contribution < -0.4 is 4.90 Å². The first kappa shape index (κ1) is 12.6. The van der Waals surface area contributed by atoms with Crippen LogP contribution in [0.1, 0.15) is 42.3 Å². The molecule has 1 atom stereocenters. The third-order valence-corrected chi connectivity index (χ3v) is 4.53. The van der Waals surface area contributed by atoms with Gasteiger partial charge in [-0.3, -0.25) is 0 Å². The fraction of sp³-hybridized carbons (Fsp3) is 0.636. The molecule has 0 saturated carbocycles. The van der Waals surface area contributed by atoms with Gasteiger partial charge in [0.2, 0.25) is 0 Å². The fourth-order valence-electron chi connectivity index (χ4n) is 2.10. The molecule has 4 nitrogen and oxygen atoms in total. The molecule has 1 N–H and O–H groups in total. The normalized spacial score (nSPS) is 21.3. The topological polar surface area (TPSA) is 53.4 Å². The van der Waals surface area contributed by atoms with Gasteiger partial charge in [-0.1, -0.05) is 35.8 Å². The first-order chi connectivity index (χ1) is 8.09. The van der Waals surface area contributed by atoms with Crippen molar-refractivity contribution >= 4 is 34.0 Å². The van der Waals surface area contributed by atoms with Crippen LogP contribution in [0.25, 0.3) is 0 Å². The summed E-state index contributed by atoms with van der Waals surface area (Å²) in [4.78, 5) is 17.4. The lowest BCUT2D eigenvalue weighted by Gasteiger charge is -2.26. The highest BCUT2D eigenvalue weighted by Gasteiger charge is 2.23. The van der Waals surface area contributed by atoms with Crippen molar-refractivity contribution in [3.05, 3.63) is 10.0 Å². The zero-order valence-corrected chi connectivity index (χ0v) is 11.2. The first-order valence-corrected chi connectivity index (χ1v) is 6.95. The van der Waals surface area contributed by atoms with Crippen molar-refractivity contribution in [3.8, 4) is 0 Å². The van der Waals surface area contributed by atoms with Crippen molar-refractivity contribution < 1.29 is 9.90 Å². The van der Waals surface area contributed by atoms with Gasteiger partial charge in [-0.25, -0.2) is 9.78 Å². The highest BCUT2D eigenvalue weighted by atomic mass is 35.5. The fourth-order valence-corrected chi connectivity index (χ4v) is 3.36. The molecule has 1 saturated heterocycles. The van der Waals surface area contributed by atoms with Gasteiger partial charge < -0.3 is 10.0 Å². The van der Waals surface area contributed by atoms with Crippen LogP contribution in [0.15, 0.2) is 0 Å². The summed E-state index contributed by atoms with van der Waals surface area (Å²) in [6, 6.07) is 0.404. The maximum absolute atomic E-state index is 10.9. The second-order valence-electron chi connectivity index (χ2n) is 4.31. The van der Waals surface area contributed by atoms with E-state index in [9.17, 15) is 4.79 Å². The van der Waals surface area contributed by atoms with Crippen LogP contribution in [-0.4, -0.2) is 28.6 Å². The number of carboxylic acid groups (broad SMARTS) is 1. The highest BCUT2D eigenvalue weighted by Crippen LogP contribution is 2.32. The van der Waals surface area contributed by atoms with Gasteiger partial charge in [0, 0.05) is 12.6 Å². The largest absolute Gasteiger partial charge is 0.477 e. The zero-order chi connectivity index (χ0) is 12.4. The van der Waals surface area contributed by atoms with E-state index < -0.39 is 5.97 Å². The molecule has 1 unspecified atom stereocenters. The molecule has 1 aliphatic rings. The van der Waals surface area contributed by atoms with Crippen molar-refractivity contribution in [3.63, 3.8) is 0 Å². The van der Waals surface area contributed by atoms with E-state index in [2.05, 4.69) is 16.8 Å². The molecule has 0 spiro atoms. The molecule has 1 aromatic rings. The Bertz CT molecular complexity index is 422. The van der Waals surface area contributed by atoms with Gasteiger partial charge in [-0.05, 0) is 19.8 Å². The Balaban J connectivity index is 2.26. The number of carbonyl (C=O) groups is 1. The Morgan fingerprint density at radius 1 is 1.53 bits per heavy atom. The molecular formula is C11H15ClN2O2S. The van der Waals surface area contributed by atoms with E-state index in [0.29, 0.717) is 6.04 Å². The Morgan fingerprint density at radius 2 is 2.29 bits per heavy atom. The molecule has 0 radical (unpaired) electrons. The second-order valence-corrected chi connectivity index (χ2v) is 5.65. The number of aromatic nitrogens is 1. The van der Waals surface area contributed by atoms with Crippen molar-refractivity contribution in [1.82, 2.24) is 4.98 Å². The quantitative estimate of drug-likeness (QED) is 0.899. The van der Waals surface area contributed by atoms with Crippen molar-refractivity contribution in [2.75, 3.05) is 11.4 Å². The summed E-state index contributed by atoms with van der Waals surface area (Å²) in [5, 5.41) is 9.81. The van der Waals surface area contributed by atoms with Gasteiger partial charge in [0.25, 0.3) is 0 Å². The van der Waals surface area contributed by atoms with Crippen molar-refractivity contribution in [2.45, 2.75) is 38.6 Å². The molecule has 94 valence electrons. The van der Waals surface area contributed by atoms with Gasteiger partial charge >= 0.3 is 5.97 Å². The number of thiazole rings is 1. The predicted octanol–water partition coefficient (Wildman–Crippen LogP) is 3.26. The highest BCUT2D eigenvalue weighted by molar-refractivity contribution is 7.18. The molecular weight excluding hydrogens is 260 g/mol. The summed E-state index contributed by atoms with van der Waals surface area (Å²) in [5.41, 5.74) is 0. The Hall–Kier alpha value is -0.810. The van der Waals surface area contributed by atoms with Gasteiger partial charge in [-0.2, -0.15) is 0 Å². The number of carboxylic acids is 1. The third kappa shape index (κ3) is 2.72. The molecule has 1 fully saturated rings. The lowest BCUT2D eigenvalue weighted by Crippen LogP contribution is -2.32. The van der Waals surface area contributed by atoms with E-state index in [0.717, 1.165) is 24.5 Å². The molecule has 1 aliphatic heterocycles. The second kappa shape index (κ2) is 5.23. The molecule has 0 bridgehead atoms. The lowest BCUT2D eigenvalue weighted by atomic mass is 10.1. The lowest BCUT2D eigenvalue weighted by molar-refractivity contribution is 0.0702. The summed E-state index contributed by atoms with van der Waals surface area (Å²) in [6.07, 6.45) is 4.71. The number of nitrogens with zero attached hydrogens (tertiary/aromatic N) is 2. The van der Waals surface area contributed by atoms with E-state index in [1.54, 1.807) is 0 Å². The van der Waals surface area contributed by atoms with Crippen LogP contribution in [-0.2, 0) is 0 Å². The molecule has 6 heteroatoms. The maximum atomic E-state index is 10.9. The first-order valence-electron chi connectivity index (χ1n) is 5.76. The Kier molecular flexibility index (Phi) is 3.89. The number of anilines is 1. The SMILES string of the molecule is CC1CCCCCN1c1nc(Cl)c(C(=O)O)s1. The van der Waals surface area contributed by atoms with Gasteiger partial charge in [0.05, 0.1) is 0 Å². The van der Waals surface area contributed by atoms with Gasteiger partial charge in [0.1, 0.15) is 0 Å². The van der Waals surface area contributed by atoms with Crippen LogP contribution in [0.4, 0.5) is 5.13 Å². The summed E-state index contributed by atoms with van der Waals surface area (Å²) in [5.74, 6) is -0.999. The number of rotatable bonds is 2. The maximum Gasteiger partial charge on any atom is 0.349 e. The summed E-state index contributed by atoms with van der Waals surface area (Å²) >= 11 is 7.01. The summed E-state index contributed by atoms with van der Waals surface area (Å²) in [7, 11) is 0. The molecule has 0 amide bonds. The summed E-state index contributed by atoms with van der Waals surface area (Å²) < 4.78 is 0. The van der Waals surface area contributed by atoms with Crippen LogP contribution >= 0.6 is 22.9 Å². The minimum atomic E-state index is -0.999. The van der Waals surface area contributed by atoms with Crippen molar-refractivity contribution in [2.24, 2.45) is 0 Å². The number of aromatic carboxylic acids is 1. The van der Waals surface area contributed by atoms with E-state index in [4.69, 9.17) is 16.7 Å². The number of hydrogen-bond acceptors (Lipinski definition) is 4. The smallest absolute Gasteiger partial charge is 0.349 e. The van der Waals surface area contributed by atoms with Crippen LogP contribution in [0.5, 0.6) is 0 Å². The van der Waals surface area contributed by atoms with E-state index in [1.807, 2.05) is 0 Å². The van der Waals surface area contributed by atoms with Crippen LogP contribution in [0.2, 0.25) is 5.15 Å². The van der Waals surface area contributed by atoms with E-state index >= 15 is 0 Å². The van der Waals surface area contributed by atoms with Crippen LogP contribution in [0.3, 0.4) is 0 Å². The van der Waals surface area contributed by atoms with Crippen molar-refractivity contribution in [1.29, 1.82) is 0 Å². The van der Waals surface area contributed by atoms with E-state index in [1.165, 1.54) is 24.2 Å². The minimum Gasteiger partial charge on any atom is -0.477 e. The zero-order valence-electron chi connectivity index (χ0n) is 9.65. The molecule has 2 rings (SSSR count). The summed E-state index contributed by atoms with van der Waals surface area (Å²) in [6.45, 7) is 3.09. The molecule has 0 aromatic carbocycles. The molecule has 2 heterocycles.